The van der Waals surface area contributed by atoms with Gasteiger partial charge in [-0.15, -0.1) is 0 Å². The molecule has 4 rings (SSSR count). The van der Waals surface area contributed by atoms with Gasteiger partial charge >= 0.3 is 0 Å². The Morgan fingerprint density at radius 1 is 1.12 bits per heavy atom. The van der Waals surface area contributed by atoms with Crippen molar-refractivity contribution in [2.45, 2.75) is 18.9 Å². The molecule has 1 heterocycles. The number of amides is 1. The lowest BCUT2D eigenvalue weighted by Gasteiger charge is -2.22. The predicted octanol–water partition coefficient (Wildman–Crippen LogP) is 4.87. The van der Waals surface area contributed by atoms with Gasteiger partial charge in [0.2, 0.25) is 5.91 Å². The minimum absolute atomic E-state index is 0. The minimum atomic E-state index is -0.304. The first-order chi connectivity index (χ1) is 15.5. The third-order valence-corrected chi connectivity index (χ3v) is 5.89. The number of nitrogens with zero attached hydrogens (tertiary/aromatic N) is 2. The van der Waals surface area contributed by atoms with E-state index in [1.807, 2.05) is 66.5 Å². The Balaban J connectivity index is 0.00000306. The lowest BCUT2D eigenvalue weighted by Crippen LogP contribution is -2.30. The van der Waals surface area contributed by atoms with E-state index in [0.29, 0.717) is 23.2 Å². The van der Waals surface area contributed by atoms with Gasteiger partial charge in [0.25, 0.3) is 0 Å². The first kappa shape index (κ1) is 21.8. The molecule has 0 aromatic heterocycles. The number of rotatable bonds is 7. The van der Waals surface area contributed by atoms with Gasteiger partial charge in [0.05, 0.1) is 12.1 Å². The summed E-state index contributed by atoms with van der Waals surface area (Å²) < 4.78 is 20.6. The van der Waals surface area contributed by atoms with E-state index in [-0.39, 0.29) is 19.6 Å². The summed E-state index contributed by atoms with van der Waals surface area (Å²) in [5.74, 6) is 1.06. The van der Waals surface area contributed by atoms with Crippen LogP contribution in [0, 0.1) is 5.82 Å². The fourth-order valence-electron chi connectivity index (χ4n) is 3.91. The van der Waals surface area contributed by atoms with Crippen molar-refractivity contribution in [3.8, 4) is 11.5 Å². The molecule has 1 amide bonds. The number of hydrogen-bond donors (Lipinski definition) is 1. The lowest BCUT2D eigenvalue weighted by atomic mass is 10.1. The van der Waals surface area contributed by atoms with E-state index < -0.39 is 0 Å². The molecule has 5 nitrogen and oxygen atoms in total. The van der Waals surface area contributed by atoms with Gasteiger partial charge in [-0.3, -0.25) is 4.79 Å². The fraction of sp³-hybridized carbons (Fsp3) is 0.269. The Morgan fingerprint density at radius 3 is 2.50 bits per heavy atom. The van der Waals surface area contributed by atoms with Crippen molar-refractivity contribution >= 4 is 17.3 Å². The van der Waals surface area contributed by atoms with Crippen molar-refractivity contribution < 1.29 is 15.3 Å². The highest BCUT2D eigenvalue weighted by molar-refractivity contribution is 5.94. The summed E-state index contributed by atoms with van der Waals surface area (Å²) in [6.45, 7) is 1.60. The molecular weight excluding hydrogens is 405 g/mol. The van der Waals surface area contributed by atoms with Gasteiger partial charge in [0.15, 0.2) is 0 Å². The number of para-hydroxylation sites is 1. The van der Waals surface area contributed by atoms with Crippen LogP contribution in [0.4, 0.5) is 15.8 Å². The van der Waals surface area contributed by atoms with Crippen LogP contribution >= 0.6 is 0 Å². The maximum absolute atomic E-state index is 14.8. The third-order valence-electron chi connectivity index (χ3n) is 5.89. The zero-order valence-electron chi connectivity index (χ0n) is 18.4. The van der Waals surface area contributed by atoms with E-state index in [9.17, 15) is 9.18 Å². The topological polar surface area (TPSA) is 44.8 Å². The molecule has 32 heavy (non-hydrogen) atoms. The number of ether oxygens (including phenoxy) is 1. The highest BCUT2D eigenvalue weighted by Gasteiger charge is 2.24. The van der Waals surface area contributed by atoms with Gasteiger partial charge in [0, 0.05) is 33.3 Å². The van der Waals surface area contributed by atoms with Crippen LogP contribution in [0.2, 0.25) is 0 Å². The Morgan fingerprint density at radius 2 is 1.84 bits per heavy atom. The zero-order chi connectivity index (χ0) is 22.5. The molecule has 1 fully saturated rings. The predicted molar refractivity (Wildman–Crippen MR) is 128 cm³/mol. The molecule has 1 aliphatic rings. The van der Waals surface area contributed by atoms with Crippen LogP contribution in [0.1, 0.15) is 13.4 Å². The van der Waals surface area contributed by atoms with E-state index >= 15 is 0 Å². The summed E-state index contributed by atoms with van der Waals surface area (Å²) >= 11 is 0. The third kappa shape index (κ3) is 5.08. The fourth-order valence-corrected chi connectivity index (χ4v) is 3.91. The van der Waals surface area contributed by atoms with Gasteiger partial charge in [-0.25, -0.2) is 4.39 Å². The first-order valence-electron chi connectivity index (χ1n) is 10.8. The zero-order valence-corrected chi connectivity index (χ0v) is 18.4. The number of anilines is 2. The van der Waals surface area contributed by atoms with Crippen molar-refractivity contribution in [2.24, 2.45) is 0 Å². The quantitative estimate of drug-likeness (QED) is 0.575. The monoisotopic (exact) mass is 435 g/mol. The van der Waals surface area contributed by atoms with Crippen LogP contribution < -0.4 is 19.9 Å². The Bertz CT molecular complexity index is 1060. The second kappa shape index (κ2) is 9.83. The number of carbonyl (C=O) groups is 1. The molecule has 0 bridgehead atoms. The van der Waals surface area contributed by atoms with Gasteiger partial charge in [-0.05, 0) is 61.5 Å². The van der Waals surface area contributed by atoms with Gasteiger partial charge in [-0.2, -0.15) is 0 Å². The average Bonchev–Trinajstić information content (AvgIpc) is 3.29. The molecule has 1 saturated heterocycles. The SMILES string of the molecule is CNC1CCN(c2ccc(N(C)C(=O)Cc3ccc(Oc4ccccc4)cc3)cc2F)C1.[HH]. The van der Waals surface area contributed by atoms with Gasteiger partial charge in [0.1, 0.15) is 17.3 Å². The second-order valence-corrected chi connectivity index (χ2v) is 8.04. The summed E-state index contributed by atoms with van der Waals surface area (Å²) in [5, 5.41) is 3.24. The smallest absolute Gasteiger partial charge is 0.231 e. The molecule has 3 aromatic carbocycles. The van der Waals surface area contributed by atoms with Gasteiger partial charge in [-0.1, -0.05) is 30.3 Å². The van der Waals surface area contributed by atoms with Gasteiger partial charge < -0.3 is 19.9 Å². The lowest BCUT2D eigenvalue weighted by molar-refractivity contribution is -0.117. The molecule has 1 N–H and O–H groups in total. The van der Waals surface area contributed by atoms with Crippen LogP contribution in [-0.4, -0.2) is 39.1 Å². The summed E-state index contributed by atoms with van der Waals surface area (Å²) in [6.07, 6.45) is 1.22. The molecule has 3 aromatic rings. The first-order valence-corrected chi connectivity index (χ1v) is 10.8. The molecule has 168 valence electrons. The number of nitrogens with one attached hydrogen (secondary N) is 1. The van der Waals surface area contributed by atoms with E-state index in [1.165, 1.54) is 11.0 Å². The van der Waals surface area contributed by atoms with E-state index in [1.54, 1.807) is 19.2 Å². The summed E-state index contributed by atoms with van der Waals surface area (Å²) in [6, 6.07) is 22.4. The van der Waals surface area contributed by atoms with Crippen LogP contribution in [-0.2, 0) is 11.2 Å². The van der Waals surface area contributed by atoms with Crippen LogP contribution in [0.15, 0.2) is 72.8 Å². The maximum atomic E-state index is 14.8. The average molecular weight is 436 g/mol. The Kier molecular flexibility index (Phi) is 6.71. The van der Waals surface area contributed by atoms with Crippen molar-refractivity contribution in [1.82, 2.24) is 5.32 Å². The van der Waals surface area contributed by atoms with Crippen molar-refractivity contribution in [3.05, 3.63) is 84.2 Å². The Hall–Kier alpha value is -3.38. The number of benzene rings is 3. The minimum Gasteiger partial charge on any atom is -0.457 e. The normalized spacial score (nSPS) is 15.6. The molecule has 0 aliphatic carbocycles. The summed E-state index contributed by atoms with van der Waals surface area (Å²) in [5.41, 5.74) is 2.00. The number of carbonyl (C=O) groups excluding carboxylic acids is 1. The van der Waals surface area contributed by atoms with E-state index in [2.05, 4.69) is 5.32 Å². The van der Waals surface area contributed by atoms with Crippen molar-refractivity contribution in [2.75, 3.05) is 37.0 Å². The standard InChI is InChI=1S/C26H28FN3O2.H2/c1-28-20-14-15-30(18-20)25-13-10-21(17-24(25)27)29(2)26(31)16-19-8-11-23(12-9-19)32-22-6-4-3-5-7-22;/h3-13,17,20,28H,14-16,18H2,1-2H3;1H. The molecule has 0 radical (unpaired) electrons. The van der Waals surface area contributed by atoms with Crippen LogP contribution in [0.25, 0.3) is 0 Å². The molecule has 6 heteroatoms. The highest BCUT2D eigenvalue weighted by Crippen LogP contribution is 2.28. The van der Waals surface area contributed by atoms with Crippen molar-refractivity contribution in [3.63, 3.8) is 0 Å². The number of likely N-dealkylation sites (N-methyl/N-ethyl adjacent to an activating group) is 2. The van der Waals surface area contributed by atoms with Crippen molar-refractivity contribution in [1.29, 1.82) is 0 Å². The molecule has 0 saturated carbocycles. The maximum Gasteiger partial charge on any atom is 0.231 e. The molecule has 0 spiro atoms. The van der Waals surface area contributed by atoms with Crippen LogP contribution in [0.5, 0.6) is 11.5 Å². The number of hydrogen-bond acceptors (Lipinski definition) is 4. The molecule has 1 aliphatic heterocycles. The van der Waals surface area contributed by atoms with Crippen LogP contribution in [0.3, 0.4) is 0 Å². The molecule has 1 unspecified atom stereocenters. The van der Waals surface area contributed by atoms with E-state index in [0.717, 1.165) is 30.8 Å². The summed E-state index contributed by atoms with van der Waals surface area (Å²) in [7, 11) is 3.61. The molecular formula is C26H30FN3O2. The molecule has 1 atom stereocenters. The van der Waals surface area contributed by atoms with E-state index in [4.69, 9.17) is 4.74 Å². The second-order valence-electron chi connectivity index (χ2n) is 8.04. The Labute approximate surface area is 189 Å². The highest BCUT2D eigenvalue weighted by atomic mass is 19.1. The largest absolute Gasteiger partial charge is 0.457 e. The summed E-state index contributed by atoms with van der Waals surface area (Å²) in [4.78, 5) is 16.3. The number of halogens is 1.